The molecule has 2 unspecified atom stereocenters. The van der Waals surface area contributed by atoms with E-state index in [-0.39, 0.29) is 0 Å². The summed E-state index contributed by atoms with van der Waals surface area (Å²) in [5.74, 6) is 0. The Labute approximate surface area is 168 Å². The Kier molecular flexibility index (Phi) is 4.85. The maximum absolute atomic E-state index is 4.02. The summed E-state index contributed by atoms with van der Waals surface area (Å²) in [6.45, 7) is 0. The van der Waals surface area contributed by atoms with Gasteiger partial charge in [-0.05, 0) is 65.5 Å². The van der Waals surface area contributed by atoms with Crippen LogP contribution in [0.3, 0.4) is 0 Å². The molecule has 1 nitrogen and oxygen atoms in total. The van der Waals surface area contributed by atoms with Gasteiger partial charge < -0.3 is 0 Å². The molecule has 5 rings (SSSR count). The second kappa shape index (κ2) is 7.77. The molecule has 140 valence electrons. The molecule has 0 saturated heterocycles. The van der Waals surface area contributed by atoms with E-state index >= 15 is 0 Å². The Morgan fingerprint density at radius 2 is 1.36 bits per heavy atom. The van der Waals surface area contributed by atoms with E-state index in [2.05, 4.69) is 90.3 Å². The number of hydrogen-bond donors (Lipinski definition) is 1. The molecule has 2 aromatic rings. The average Bonchev–Trinajstić information content (AvgIpc) is 2.75. The van der Waals surface area contributed by atoms with E-state index in [1.54, 1.807) is 5.57 Å². The number of hydrogen-bond acceptors (Lipinski definition) is 1. The van der Waals surface area contributed by atoms with Crippen LogP contribution < -0.4 is 5.32 Å². The first-order valence-corrected chi connectivity index (χ1v) is 10.5. The van der Waals surface area contributed by atoms with Crippen molar-refractivity contribution in [1.82, 2.24) is 5.32 Å². The minimum Gasteiger partial charge on any atom is -0.296 e. The zero-order valence-corrected chi connectivity index (χ0v) is 16.3. The standard InChI is InChI=1S/C27H27N/c1-3-9-20(10-4-1)17-22-13-7-15-24-19-25-16-8-14-23(27(25)28-26(22)24)18-21-11-5-2-6-12-21/h1-6,9-12,15,17-19,26-28H,7-8,13-14,16H2. The SMILES string of the molecule is C1=C2C=C3CCCC(=Cc4ccccc4)C3NC2C(=Cc2ccccc2)CC1. The summed E-state index contributed by atoms with van der Waals surface area (Å²) in [4.78, 5) is 0. The van der Waals surface area contributed by atoms with E-state index in [1.807, 2.05) is 0 Å². The first kappa shape index (κ1) is 17.5. The molecule has 1 heteroatoms. The minimum atomic E-state index is 0.347. The highest BCUT2D eigenvalue weighted by molar-refractivity contribution is 5.61. The smallest absolute Gasteiger partial charge is 0.0543 e. The highest BCUT2D eigenvalue weighted by Gasteiger charge is 2.33. The van der Waals surface area contributed by atoms with Gasteiger partial charge in [0.1, 0.15) is 0 Å². The Balaban J connectivity index is 1.49. The Morgan fingerprint density at radius 1 is 0.714 bits per heavy atom. The maximum atomic E-state index is 4.02. The second-order valence-corrected chi connectivity index (χ2v) is 8.11. The molecular formula is C27H27N. The highest BCUT2D eigenvalue weighted by Crippen LogP contribution is 2.38. The predicted octanol–water partition coefficient (Wildman–Crippen LogP) is 6.32. The summed E-state index contributed by atoms with van der Waals surface area (Å²) >= 11 is 0. The van der Waals surface area contributed by atoms with Crippen LogP contribution in [0, 0.1) is 0 Å². The Bertz CT molecular complexity index is 960. The van der Waals surface area contributed by atoms with Crippen molar-refractivity contribution in [3.63, 3.8) is 0 Å². The lowest BCUT2D eigenvalue weighted by molar-refractivity contribution is 0.494. The molecule has 1 fully saturated rings. The molecule has 0 aromatic heterocycles. The number of allylic oxidation sites excluding steroid dienone is 1. The van der Waals surface area contributed by atoms with Crippen LogP contribution in [-0.4, -0.2) is 12.1 Å². The van der Waals surface area contributed by atoms with Gasteiger partial charge in [0.25, 0.3) is 0 Å². The Hall–Kier alpha value is -2.64. The largest absolute Gasteiger partial charge is 0.296 e. The van der Waals surface area contributed by atoms with Gasteiger partial charge in [-0.3, -0.25) is 5.32 Å². The van der Waals surface area contributed by atoms with Crippen LogP contribution in [0.1, 0.15) is 43.2 Å². The van der Waals surface area contributed by atoms with Gasteiger partial charge in [-0.25, -0.2) is 0 Å². The molecule has 1 aliphatic heterocycles. The van der Waals surface area contributed by atoms with Crippen LogP contribution >= 0.6 is 0 Å². The van der Waals surface area contributed by atoms with Gasteiger partial charge in [0.2, 0.25) is 0 Å². The molecule has 1 saturated carbocycles. The third-order valence-electron chi connectivity index (χ3n) is 6.18. The molecule has 2 atom stereocenters. The van der Waals surface area contributed by atoms with Crippen LogP contribution in [0.5, 0.6) is 0 Å². The van der Waals surface area contributed by atoms with Crippen LogP contribution in [0.4, 0.5) is 0 Å². The quantitative estimate of drug-likeness (QED) is 0.656. The van der Waals surface area contributed by atoms with Gasteiger partial charge in [-0.2, -0.15) is 0 Å². The van der Waals surface area contributed by atoms with E-state index in [4.69, 9.17) is 0 Å². The predicted molar refractivity (Wildman–Crippen MR) is 119 cm³/mol. The summed E-state index contributed by atoms with van der Waals surface area (Å²) in [6, 6.07) is 22.2. The van der Waals surface area contributed by atoms with Crippen LogP contribution in [0.15, 0.2) is 95.1 Å². The second-order valence-electron chi connectivity index (χ2n) is 8.11. The lowest BCUT2D eigenvalue weighted by Gasteiger charge is -2.40. The van der Waals surface area contributed by atoms with Crippen LogP contribution in [0.2, 0.25) is 0 Å². The number of fused-ring (bicyclic) bond motifs is 2. The van der Waals surface area contributed by atoms with Crippen molar-refractivity contribution in [2.24, 2.45) is 0 Å². The zero-order valence-electron chi connectivity index (χ0n) is 16.3. The minimum absolute atomic E-state index is 0.347. The van der Waals surface area contributed by atoms with Crippen molar-refractivity contribution in [3.8, 4) is 0 Å². The highest BCUT2D eigenvalue weighted by atomic mass is 15.0. The normalized spacial score (nSPS) is 27.0. The van der Waals surface area contributed by atoms with Gasteiger partial charge >= 0.3 is 0 Å². The van der Waals surface area contributed by atoms with Crippen molar-refractivity contribution in [3.05, 3.63) is 106 Å². The summed E-state index contributed by atoms with van der Waals surface area (Å²) in [5.41, 5.74) is 8.71. The molecule has 0 spiro atoms. The van der Waals surface area contributed by atoms with Crippen molar-refractivity contribution < 1.29 is 0 Å². The number of benzene rings is 2. The third kappa shape index (κ3) is 3.55. The summed E-state index contributed by atoms with van der Waals surface area (Å²) in [5, 5.41) is 4.02. The molecular weight excluding hydrogens is 338 g/mol. The Morgan fingerprint density at radius 3 is 2.04 bits per heavy atom. The van der Waals surface area contributed by atoms with Gasteiger partial charge in [-0.15, -0.1) is 0 Å². The fourth-order valence-electron chi connectivity index (χ4n) is 4.84. The summed E-state index contributed by atoms with van der Waals surface area (Å²) < 4.78 is 0. The molecule has 1 heterocycles. The fraction of sp³-hybridized carbons (Fsp3) is 0.259. The van der Waals surface area contributed by atoms with Gasteiger partial charge in [0.05, 0.1) is 12.1 Å². The van der Waals surface area contributed by atoms with Crippen molar-refractivity contribution >= 4 is 12.2 Å². The molecule has 28 heavy (non-hydrogen) atoms. The molecule has 2 aliphatic carbocycles. The van der Waals surface area contributed by atoms with Crippen LogP contribution in [0.25, 0.3) is 12.2 Å². The lowest BCUT2D eigenvalue weighted by Crippen LogP contribution is -2.47. The van der Waals surface area contributed by atoms with Gasteiger partial charge in [0, 0.05) is 0 Å². The maximum Gasteiger partial charge on any atom is 0.0543 e. The average molecular weight is 366 g/mol. The summed E-state index contributed by atoms with van der Waals surface area (Å²) in [6.07, 6.45) is 15.7. The van der Waals surface area contributed by atoms with Crippen molar-refractivity contribution in [2.75, 3.05) is 0 Å². The first-order valence-electron chi connectivity index (χ1n) is 10.5. The number of nitrogens with one attached hydrogen (secondary N) is 1. The third-order valence-corrected chi connectivity index (χ3v) is 6.18. The molecule has 2 aromatic carbocycles. The molecule has 0 radical (unpaired) electrons. The van der Waals surface area contributed by atoms with E-state index in [0.29, 0.717) is 12.1 Å². The van der Waals surface area contributed by atoms with E-state index in [0.717, 1.165) is 12.8 Å². The summed E-state index contributed by atoms with van der Waals surface area (Å²) in [7, 11) is 0. The molecule has 3 aliphatic rings. The first-order chi connectivity index (χ1) is 13.9. The van der Waals surface area contributed by atoms with Crippen molar-refractivity contribution in [1.29, 1.82) is 0 Å². The van der Waals surface area contributed by atoms with E-state index in [9.17, 15) is 0 Å². The monoisotopic (exact) mass is 365 g/mol. The zero-order chi connectivity index (χ0) is 18.8. The molecule has 0 amide bonds. The van der Waals surface area contributed by atoms with E-state index < -0.39 is 0 Å². The lowest BCUT2D eigenvalue weighted by atomic mass is 9.76. The van der Waals surface area contributed by atoms with Gasteiger partial charge in [0.15, 0.2) is 0 Å². The molecule has 0 bridgehead atoms. The van der Waals surface area contributed by atoms with Crippen molar-refractivity contribution in [2.45, 2.75) is 44.2 Å². The van der Waals surface area contributed by atoms with Gasteiger partial charge in [-0.1, -0.05) is 85.0 Å². The topological polar surface area (TPSA) is 12.0 Å². The van der Waals surface area contributed by atoms with E-state index in [1.165, 1.54) is 47.1 Å². The fourth-order valence-corrected chi connectivity index (χ4v) is 4.84. The molecule has 1 N–H and O–H groups in total. The number of rotatable bonds is 2. The van der Waals surface area contributed by atoms with Crippen LogP contribution in [-0.2, 0) is 0 Å².